The van der Waals surface area contributed by atoms with E-state index in [-0.39, 0.29) is 0 Å². The molecule has 0 unspecified atom stereocenters. The lowest BCUT2D eigenvalue weighted by Gasteiger charge is -2.19. The minimum Gasteiger partial charge on any atom is -0.357 e. The van der Waals surface area contributed by atoms with Crippen LogP contribution in [-0.4, -0.2) is 43.1 Å². The van der Waals surface area contributed by atoms with E-state index in [1.165, 1.54) is 5.56 Å². The Morgan fingerprint density at radius 2 is 1.89 bits per heavy atom. The van der Waals surface area contributed by atoms with Crippen molar-refractivity contribution in [2.24, 2.45) is 0 Å². The SMILES string of the molecule is CNc1nc(N(C)C)nc(N(C)Cc2ccsc2)n1. The highest BCUT2D eigenvalue weighted by molar-refractivity contribution is 7.07. The molecule has 0 fully saturated rings. The van der Waals surface area contributed by atoms with Gasteiger partial charge in [0, 0.05) is 34.7 Å². The van der Waals surface area contributed by atoms with Crippen LogP contribution in [0.1, 0.15) is 5.56 Å². The molecule has 19 heavy (non-hydrogen) atoms. The van der Waals surface area contributed by atoms with Gasteiger partial charge in [0.05, 0.1) is 0 Å². The summed E-state index contributed by atoms with van der Waals surface area (Å²) in [6.45, 7) is 0.781. The lowest BCUT2D eigenvalue weighted by atomic mass is 10.3. The van der Waals surface area contributed by atoms with E-state index in [4.69, 9.17) is 0 Å². The van der Waals surface area contributed by atoms with Crippen LogP contribution in [-0.2, 0) is 6.54 Å². The molecule has 0 aliphatic rings. The molecule has 0 aliphatic heterocycles. The summed E-state index contributed by atoms with van der Waals surface area (Å²) in [4.78, 5) is 17.0. The molecule has 0 saturated carbocycles. The van der Waals surface area contributed by atoms with E-state index in [1.807, 2.05) is 30.9 Å². The van der Waals surface area contributed by atoms with Crippen LogP contribution >= 0.6 is 11.3 Å². The van der Waals surface area contributed by atoms with Crippen molar-refractivity contribution in [1.29, 1.82) is 0 Å². The molecule has 7 heteroatoms. The molecule has 1 N–H and O–H groups in total. The Hall–Kier alpha value is -1.89. The van der Waals surface area contributed by atoms with Gasteiger partial charge in [0.15, 0.2) is 0 Å². The molecule has 2 heterocycles. The number of anilines is 3. The Labute approximate surface area is 117 Å². The number of nitrogens with one attached hydrogen (secondary N) is 1. The van der Waals surface area contributed by atoms with Gasteiger partial charge in [-0.25, -0.2) is 0 Å². The van der Waals surface area contributed by atoms with Crippen molar-refractivity contribution in [3.8, 4) is 0 Å². The molecule has 2 aromatic rings. The molecule has 0 bridgehead atoms. The van der Waals surface area contributed by atoms with Gasteiger partial charge >= 0.3 is 0 Å². The molecular weight excluding hydrogens is 260 g/mol. The summed E-state index contributed by atoms with van der Waals surface area (Å²) in [7, 11) is 7.61. The average molecular weight is 278 g/mol. The zero-order valence-corrected chi connectivity index (χ0v) is 12.4. The number of hydrogen-bond acceptors (Lipinski definition) is 7. The smallest absolute Gasteiger partial charge is 0.232 e. The van der Waals surface area contributed by atoms with Crippen LogP contribution in [0.3, 0.4) is 0 Å². The van der Waals surface area contributed by atoms with Crippen molar-refractivity contribution in [1.82, 2.24) is 15.0 Å². The summed E-state index contributed by atoms with van der Waals surface area (Å²) in [6, 6.07) is 2.11. The first-order chi connectivity index (χ1) is 9.10. The van der Waals surface area contributed by atoms with Crippen LogP contribution in [0, 0.1) is 0 Å². The fourth-order valence-electron chi connectivity index (χ4n) is 1.56. The van der Waals surface area contributed by atoms with Crippen molar-refractivity contribution in [2.45, 2.75) is 6.54 Å². The minimum absolute atomic E-state index is 0.575. The molecule has 0 spiro atoms. The fourth-order valence-corrected chi connectivity index (χ4v) is 2.22. The van der Waals surface area contributed by atoms with Gasteiger partial charge in [0.2, 0.25) is 17.8 Å². The Kier molecular flexibility index (Phi) is 4.16. The van der Waals surface area contributed by atoms with Crippen molar-refractivity contribution in [3.05, 3.63) is 22.4 Å². The van der Waals surface area contributed by atoms with Gasteiger partial charge in [0.1, 0.15) is 0 Å². The van der Waals surface area contributed by atoms with Crippen LogP contribution in [0.15, 0.2) is 16.8 Å². The summed E-state index contributed by atoms with van der Waals surface area (Å²) < 4.78 is 0. The first-order valence-electron chi connectivity index (χ1n) is 5.93. The Bertz CT molecular complexity index is 525. The second-order valence-corrected chi connectivity index (χ2v) is 5.17. The van der Waals surface area contributed by atoms with E-state index < -0.39 is 0 Å². The topological polar surface area (TPSA) is 57.2 Å². The first kappa shape index (κ1) is 13.5. The molecule has 0 saturated heterocycles. The third kappa shape index (κ3) is 3.31. The highest BCUT2D eigenvalue weighted by atomic mass is 32.1. The van der Waals surface area contributed by atoms with E-state index in [1.54, 1.807) is 18.4 Å². The predicted octanol–water partition coefficient (Wildman–Crippen LogP) is 1.68. The average Bonchev–Trinajstić information content (AvgIpc) is 2.90. The fraction of sp³-hybridized carbons (Fsp3) is 0.417. The lowest BCUT2D eigenvalue weighted by molar-refractivity contribution is 0.846. The van der Waals surface area contributed by atoms with E-state index in [9.17, 15) is 0 Å². The van der Waals surface area contributed by atoms with Gasteiger partial charge in [-0.1, -0.05) is 0 Å². The molecule has 0 aliphatic carbocycles. The Morgan fingerprint density at radius 1 is 1.16 bits per heavy atom. The quantitative estimate of drug-likeness (QED) is 0.898. The summed E-state index contributed by atoms with van der Waals surface area (Å²) in [5.74, 6) is 1.88. The van der Waals surface area contributed by atoms with E-state index in [0.29, 0.717) is 17.8 Å². The summed E-state index contributed by atoms with van der Waals surface area (Å²) in [6.07, 6.45) is 0. The highest BCUT2D eigenvalue weighted by Crippen LogP contribution is 2.16. The largest absolute Gasteiger partial charge is 0.357 e. The second-order valence-electron chi connectivity index (χ2n) is 4.39. The molecule has 2 aromatic heterocycles. The highest BCUT2D eigenvalue weighted by Gasteiger charge is 2.11. The van der Waals surface area contributed by atoms with Crippen LogP contribution < -0.4 is 15.1 Å². The second kappa shape index (κ2) is 5.83. The van der Waals surface area contributed by atoms with E-state index in [0.717, 1.165) is 6.54 Å². The maximum atomic E-state index is 4.45. The van der Waals surface area contributed by atoms with Crippen molar-refractivity contribution in [3.63, 3.8) is 0 Å². The van der Waals surface area contributed by atoms with Crippen molar-refractivity contribution in [2.75, 3.05) is 43.3 Å². The standard InChI is InChI=1S/C12H18N6S/c1-13-10-14-11(17(2)3)16-12(15-10)18(4)7-9-5-6-19-8-9/h5-6,8H,7H2,1-4H3,(H,13,14,15,16). The predicted molar refractivity (Wildman–Crippen MR) is 80.1 cm³/mol. The monoisotopic (exact) mass is 278 g/mol. The number of rotatable bonds is 5. The Morgan fingerprint density at radius 3 is 2.47 bits per heavy atom. The van der Waals surface area contributed by atoms with Gasteiger partial charge in [-0.3, -0.25) is 0 Å². The summed E-state index contributed by atoms with van der Waals surface area (Å²) in [5.41, 5.74) is 1.25. The van der Waals surface area contributed by atoms with Gasteiger partial charge in [-0.2, -0.15) is 26.3 Å². The van der Waals surface area contributed by atoms with Gasteiger partial charge in [-0.05, 0) is 22.4 Å². The molecule has 0 radical (unpaired) electrons. The van der Waals surface area contributed by atoms with Crippen LogP contribution in [0.4, 0.5) is 17.8 Å². The van der Waals surface area contributed by atoms with Crippen LogP contribution in [0.25, 0.3) is 0 Å². The maximum Gasteiger partial charge on any atom is 0.232 e. The van der Waals surface area contributed by atoms with Crippen molar-refractivity contribution >= 4 is 29.2 Å². The summed E-state index contributed by atoms with van der Waals surface area (Å²) in [5, 5.41) is 7.16. The number of aromatic nitrogens is 3. The third-order valence-corrected chi connectivity index (χ3v) is 3.31. The van der Waals surface area contributed by atoms with E-state index in [2.05, 4.69) is 37.1 Å². The molecule has 102 valence electrons. The number of thiophene rings is 1. The Balaban J connectivity index is 2.24. The normalized spacial score (nSPS) is 10.3. The molecule has 2 rings (SSSR count). The lowest BCUT2D eigenvalue weighted by Crippen LogP contribution is -2.22. The van der Waals surface area contributed by atoms with Crippen molar-refractivity contribution < 1.29 is 0 Å². The zero-order valence-electron chi connectivity index (χ0n) is 11.6. The number of hydrogen-bond donors (Lipinski definition) is 1. The maximum absolute atomic E-state index is 4.45. The third-order valence-electron chi connectivity index (χ3n) is 2.58. The molecular formula is C12H18N6S. The molecule has 0 amide bonds. The first-order valence-corrected chi connectivity index (χ1v) is 6.88. The summed E-state index contributed by atoms with van der Waals surface area (Å²) >= 11 is 1.69. The molecule has 0 atom stereocenters. The van der Waals surface area contributed by atoms with Gasteiger partial charge < -0.3 is 15.1 Å². The van der Waals surface area contributed by atoms with Crippen LogP contribution in [0.5, 0.6) is 0 Å². The van der Waals surface area contributed by atoms with E-state index >= 15 is 0 Å². The molecule has 6 nitrogen and oxygen atoms in total. The van der Waals surface area contributed by atoms with Gasteiger partial charge in [0.25, 0.3) is 0 Å². The van der Waals surface area contributed by atoms with Gasteiger partial charge in [-0.15, -0.1) is 0 Å². The molecule has 0 aromatic carbocycles. The minimum atomic E-state index is 0.575. The van der Waals surface area contributed by atoms with Crippen LogP contribution in [0.2, 0.25) is 0 Å². The zero-order chi connectivity index (χ0) is 13.8. The number of nitrogens with zero attached hydrogens (tertiary/aromatic N) is 5.